The molecule has 5 nitrogen and oxygen atoms in total. The number of nitrogens with one attached hydrogen (secondary N) is 1. The first-order valence-corrected chi connectivity index (χ1v) is 7.58. The summed E-state index contributed by atoms with van der Waals surface area (Å²) in [6, 6.07) is 2.28. The smallest absolute Gasteiger partial charge is 0.166 e. The molecule has 1 aliphatic rings. The molecule has 0 saturated heterocycles. The van der Waals surface area contributed by atoms with Gasteiger partial charge in [0, 0.05) is 6.54 Å². The lowest BCUT2D eigenvalue weighted by Crippen LogP contribution is -2.13. The Bertz CT molecular complexity index is 560. The predicted molar refractivity (Wildman–Crippen MR) is 82.1 cm³/mol. The van der Waals surface area contributed by atoms with Gasteiger partial charge in [-0.2, -0.15) is 10.4 Å². The molecule has 1 aliphatic heterocycles. The average Bonchev–Trinajstić information content (AvgIpc) is 2.55. The normalized spacial score (nSPS) is 14.4. The standard InChI is InChI=1S/C16H22N4O/c1-3-13-14(11-17)16(20-19-15(13)4-2)18-8-5-12-6-9-21-10-7-12/h6H,3-5,7-10H2,1-2H3,(H,18,20). The van der Waals surface area contributed by atoms with E-state index < -0.39 is 0 Å². The van der Waals surface area contributed by atoms with Gasteiger partial charge in [0.1, 0.15) is 11.6 Å². The summed E-state index contributed by atoms with van der Waals surface area (Å²) in [6.07, 6.45) is 5.69. The van der Waals surface area contributed by atoms with Gasteiger partial charge in [-0.3, -0.25) is 0 Å². The molecule has 0 fully saturated rings. The molecule has 0 bridgehead atoms. The van der Waals surface area contributed by atoms with Crippen LogP contribution in [0.3, 0.4) is 0 Å². The SMILES string of the molecule is CCc1nnc(NCCC2=CCOCC2)c(C#N)c1CC. The zero-order chi connectivity index (χ0) is 15.1. The maximum Gasteiger partial charge on any atom is 0.166 e. The van der Waals surface area contributed by atoms with Crippen LogP contribution < -0.4 is 5.32 Å². The van der Waals surface area contributed by atoms with Crippen LogP contribution in [-0.2, 0) is 17.6 Å². The highest BCUT2D eigenvalue weighted by atomic mass is 16.5. The number of ether oxygens (including phenoxy) is 1. The van der Waals surface area contributed by atoms with Crippen LogP contribution in [0.25, 0.3) is 0 Å². The highest BCUT2D eigenvalue weighted by molar-refractivity contribution is 5.56. The topological polar surface area (TPSA) is 70.8 Å². The summed E-state index contributed by atoms with van der Waals surface area (Å²) in [5.74, 6) is 0.610. The Morgan fingerprint density at radius 1 is 1.33 bits per heavy atom. The molecule has 0 radical (unpaired) electrons. The van der Waals surface area contributed by atoms with Crippen LogP contribution in [0.15, 0.2) is 11.6 Å². The van der Waals surface area contributed by atoms with Gasteiger partial charge in [-0.05, 0) is 31.2 Å². The summed E-state index contributed by atoms with van der Waals surface area (Å²) < 4.78 is 5.29. The zero-order valence-corrected chi connectivity index (χ0v) is 12.8. The van der Waals surface area contributed by atoms with Gasteiger partial charge in [0.05, 0.1) is 18.9 Å². The van der Waals surface area contributed by atoms with Crippen molar-refractivity contribution in [1.82, 2.24) is 10.2 Å². The van der Waals surface area contributed by atoms with Gasteiger partial charge in [-0.25, -0.2) is 0 Å². The summed E-state index contributed by atoms with van der Waals surface area (Å²) >= 11 is 0. The second kappa shape index (κ2) is 7.75. The lowest BCUT2D eigenvalue weighted by molar-refractivity contribution is 0.153. The van der Waals surface area contributed by atoms with Crippen LogP contribution in [-0.4, -0.2) is 30.0 Å². The van der Waals surface area contributed by atoms with Crippen molar-refractivity contribution in [3.63, 3.8) is 0 Å². The molecule has 21 heavy (non-hydrogen) atoms. The number of aromatic nitrogens is 2. The molecule has 112 valence electrons. The maximum atomic E-state index is 9.41. The molecule has 1 N–H and O–H groups in total. The molecule has 0 saturated carbocycles. The fraction of sp³-hybridized carbons (Fsp3) is 0.562. The summed E-state index contributed by atoms with van der Waals surface area (Å²) in [5.41, 5.74) is 3.99. The van der Waals surface area contributed by atoms with Crippen LogP contribution in [0.1, 0.15) is 43.5 Å². The van der Waals surface area contributed by atoms with E-state index in [0.29, 0.717) is 18.0 Å². The van der Waals surface area contributed by atoms with Crippen molar-refractivity contribution in [2.45, 2.75) is 39.5 Å². The van der Waals surface area contributed by atoms with Crippen molar-refractivity contribution >= 4 is 5.82 Å². The van der Waals surface area contributed by atoms with Crippen LogP contribution in [0, 0.1) is 11.3 Å². The summed E-state index contributed by atoms with van der Waals surface area (Å²) in [6.45, 7) is 6.37. The molecule has 0 spiro atoms. The predicted octanol–water partition coefficient (Wildman–Crippen LogP) is 2.62. The van der Waals surface area contributed by atoms with E-state index in [1.807, 2.05) is 13.8 Å². The van der Waals surface area contributed by atoms with Crippen molar-refractivity contribution in [2.24, 2.45) is 0 Å². The average molecular weight is 286 g/mol. The van der Waals surface area contributed by atoms with E-state index >= 15 is 0 Å². The summed E-state index contributed by atoms with van der Waals surface area (Å²) in [5, 5.41) is 21.1. The van der Waals surface area contributed by atoms with Crippen LogP contribution in [0.2, 0.25) is 0 Å². The van der Waals surface area contributed by atoms with Gasteiger partial charge in [0.25, 0.3) is 0 Å². The monoisotopic (exact) mass is 286 g/mol. The van der Waals surface area contributed by atoms with E-state index in [-0.39, 0.29) is 0 Å². The first-order valence-electron chi connectivity index (χ1n) is 7.58. The Hall–Kier alpha value is -1.93. The molecular weight excluding hydrogens is 264 g/mol. The molecule has 0 aromatic carbocycles. The van der Waals surface area contributed by atoms with E-state index in [1.165, 1.54) is 5.57 Å². The number of hydrogen-bond donors (Lipinski definition) is 1. The van der Waals surface area contributed by atoms with E-state index in [4.69, 9.17) is 4.74 Å². The number of aryl methyl sites for hydroxylation is 1. The van der Waals surface area contributed by atoms with Gasteiger partial charge in [0.15, 0.2) is 5.82 Å². The zero-order valence-electron chi connectivity index (χ0n) is 12.8. The fourth-order valence-corrected chi connectivity index (χ4v) is 2.55. The Labute approximate surface area is 126 Å². The van der Waals surface area contributed by atoms with Crippen LogP contribution in [0.5, 0.6) is 0 Å². The highest BCUT2D eigenvalue weighted by Crippen LogP contribution is 2.20. The second-order valence-corrected chi connectivity index (χ2v) is 5.03. The Balaban J connectivity index is 2.06. The van der Waals surface area contributed by atoms with Crippen LogP contribution >= 0.6 is 0 Å². The van der Waals surface area contributed by atoms with Crippen molar-refractivity contribution < 1.29 is 4.74 Å². The molecule has 2 heterocycles. The number of nitriles is 1. The largest absolute Gasteiger partial charge is 0.377 e. The van der Waals surface area contributed by atoms with E-state index in [9.17, 15) is 5.26 Å². The second-order valence-electron chi connectivity index (χ2n) is 5.03. The van der Waals surface area contributed by atoms with Crippen molar-refractivity contribution in [2.75, 3.05) is 25.1 Å². The van der Waals surface area contributed by atoms with Crippen LogP contribution in [0.4, 0.5) is 5.82 Å². The number of hydrogen-bond acceptors (Lipinski definition) is 5. The Morgan fingerprint density at radius 3 is 2.81 bits per heavy atom. The maximum absolute atomic E-state index is 9.41. The molecule has 0 aliphatic carbocycles. The third-order valence-corrected chi connectivity index (χ3v) is 3.75. The Morgan fingerprint density at radius 2 is 2.19 bits per heavy atom. The van der Waals surface area contributed by atoms with Gasteiger partial charge in [-0.15, -0.1) is 5.10 Å². The third-order valence-electron chi connectivity index (χ3n) is 3.75. The van der Waals surface area contributed by atoms with Crippen molar-refractivity contribution in [1.29, 1.82) is 5.26 Å². The fourth-order valence-electron chi connectivity index (χ4n) is 2.55. The van der Waals surface area contributed by atoms with Gasteiger partial charge < -0.3 is 10.1 Å². The number of anilines is 1. The number of rotatable bonds is 6. The highest BCUT2D eigenvalue weighted by Gasteiger charge is 2.14. The third kappa shape index (κ3) is 3.79. The molecule has 1 aromatic heterocycles. The van der Waals surface area contributed by atoms with E-state index in [2.05, 4.69) is 27.7 Å². The minimum Gasteiger partial charge on any atom is -0.377 e. The lowest BCUT2D eigenvalue weighted by atomic mass is 10.0. The summed E-state index contributed by atoms with van der Waals surface area (Å²) in [7, 11) is 0. The van der Waals surface area contributed by atoms with Crippen molar-refractivity contribution in [3.8, 4) is 6.07 Å². The first-order chi connectivity index (χ1) is 10.3. The van der Waals surface area contributed by atoms with Gasteiger partial charge in [0.2, 0.25) is 0 Å². The molecule has 0 amide bonds. The lowest BCUT2D eigenvalue weighted by Gasteiger charge is -2.15. The van der Waals surface area contributed by atoms with E-state index in [1.54, 1.807) is 0 Å². The molecular formula is C16H22N4O. The first kappa shape index (κ1) is 15.5. The molecule has 0 atom stereocenters. The summed E-state index contributed by atoms with van der Waals surface area (Å²) in [4.78, 5) is 0. The minimum atomic E-state index is 0.610. The molecule has 5 heteroatoms. The van der Waals surface area contributed by atoms with Gasteiger partial charge >= 0.3 is 0 Å². The molecule has 1 aromatic rings. The van der Waals surface area contributed by atoms with Crippen molar-refractivity contribution in [3.05, 3.63) is 28.5 Å². The number of nitrogens with zero attached hydrogens (tertiary/aromatic N) is 3. The van der Waals surface area contributed by atoms with E-state index in [0.717, 1.165) is 50.1 Å². The molecule has 0 unspecified atom stereocenters. The Kier molecular flexibility index (Phi) is 5.70. The van der Waals surface area contributed by atoms with Gasteiger partial charge in [-0.1, -0.05) is 25.5 Å². The minimum absolute atomic E-state index is 0.610. The quantitative estimate of drug-likeness (QED) is 0.814. The molecule has 2 rings (SSSR count).